The van der Waals surface area contributed by atoms with Crippen molar-refractivity contribution in [2.24, 2.45) is 0 Å². The Morgan fingerprint density at radius 3 is 2.94 bits per heavy atom. The van der Waals surface area contributed by atoms with Gasteiger partial charge in [0.05, 0.1) is 6.26 Å². The van der Waals surface area contributed by atoms with Crippen molar-refractivity contribution in [1.82, 2.24) is 5.32 Å². The van der Waals surface area contributed by atoms with Crippen LogP contribution in [-0.4, -0.2) is 12.6 Å². The summed E-state index contributed by atoms with van der Waals surface area (Å²) in [4.78, 5) is 0. The van der Waals surface area contributed by atoms with E-state index < -0.39 is 0 Å². The molecule has 0 saturated carbocycles. The lowest BCUT2D eigenvalue weighted by molar-refractivity contribution is 0.477. The van der Waals surface area contributed by atoms with Crippen molar-refractivity contribution in [3.63, 3.8) is 0 Å². The molecular formula is C15H16ClNO. The fourth-order valence-corrected chi connectivity index (χ4v) is 2.78. The predicted octanol–water partition coefficient (Wildman–Crippen LogP) is 3.23. The molecule has 1 aliphatic carbocycles. The van der Waals surface area contributed by atoms with Gasteiger partial charge in [-0.2, -0.15) is 0 Å². The summed E-state index contributed by atoms with van der Waals surface area (Å²) in [5.74, 6) is 1.04. The Bertz CT molecular complexity index is 521. The average molecular weight is 262 g/mol. The second-order valence-corrected chi connectivity index (χ2v) is 5.24. The van der Waals surface area contributed by atoms with E-state index in [0.29, 0.717) is 6.04 Å². The van der Waals surface area contributed by atoms with Gasteiger partial charge in [0.2, 0.25) is 0 Å². The Kier molecular flexibility index (Phi) is 3.39. The molecule has 18 heavy (non-hydrogen) atoms. The third-order valence-corrected chi connectivity index (χ3v) is 3.72. The van der Waals surface area contributed by atoms with Crippen molar-refractivity contribution in [1.29, 1.82) is 0 Å². The summed E-state index contributed by atoms with van der Waals surface area (Å²) in [5.41, 5.74) is 2.81. The van der Waals surface area contributed by atoms with E-state index in [1.165, 1.54) is 11.1 Å². The third-order valence-electron chi connectivity index (χ3n) is 3.49. The summed E-state index contributed by atoms with van der Waals surface area (Å²) >= 11 is 6.01. The first-order valence-corrected chi connectivity index (χ1v) is 6.72. The SMILES string of the molecule is Clc1ccc2c(c1)CC(NCCc1ccco1)C2. The summed E-state index contributed by atoms with van der Waals surface area (Å²) in [6.45, 7) is 0.958. The van der Waals surface area contributed by atoms with Gasteiger partial charge in [-0.25, -0.2) is 0 Å². The van der Waals surface area contributed by atoms with Gasteiger partial charge in [0.25, 0.3) is 0 Å². The van der Waals surface area contributed by atoms with Gasteiger partial charge in [-0.1, -0.05) is 17.7 Å². The highest BCUT2D eigenvalue weighted by Crippen LogP contribution is 2.25. The first-order valence-electron chi connectivity index (χ1n) is 6.34. The Morgan fingerprint density at radius 2 is 2.11 bits per heavy atom. The van der Waals surface area contributed by atoms with E-state index in [9.17, 15) is 0 Å². The third kappa shape index (κ3) is 2.60. The van der Waals surface area contributed by atoms with Gasteiger partial charge in [0.15, 0.2) is 0 Å². The Labute approximate surface area is 112 Å². The van der Waals surface area contributed by atoms with E-state index >= 15 is 0 Å². The van der Waals surface area contributed by atoms with Gasteiger partial charge in [-0.3, -0.25) is 0 Å². The standard InChI is InChI=1S/C15H16ClNO/c16-13-4-3-11-9-14(10-12(11)8-13)17-6-5-15-2-1-7-18-15/h1-4,7-8,14,17H,5-6,9-10H2. The molecule has 3 rings (SSSR count). The van der Waals surface area contributed by atoms with Gasteiger partial charge in [-0.05, 0) is 48.2 Å². The number of furan rings is 1. The average Bonchev–Trinajstić information content (AvgIpc) is 2.97. The summed E-state index contributed by atoms with van der Waals surface area (Å²) in [5, 5.41) is 4.42. The summed E-state index contributed by atoms with van der Waals surface area (Å²) in [7, 11) is 0. The molecule has 2 aromatic rings. The maximum absolute atomic E-state index is 6.01. The normalized spacial score (nSPS) is 17.9. The molecule has 0 amide bonds. The molecule has 0 fully saturated rings. The zero-order valence-corrected chi connectivity index (χ0v) is 10.9. The highest BCUT2D eigenvalue weighted by molar-refractivity contribution is 6.30. The molecule has 1 atom stereocenters. The monoisotopic (exact) mass is 261 g/mol. The lowest BCUT2D eigenvalue weighted by Crippen LogP contribution is -2.31. The topological polar surface area (TPSA) is 25.2 Å². The van der Waals surface area contributed by atoms with Crippen LogP contribution < -0.4 is 5.32 Å². The Morgan fingerprint density at radius 1 is 1.22 bits per heavy atom. The van der Waals surface area contributed by atoms with E-state index in [1.54, 1.807) is 6.26 Å². The van der Waals surface area contributed by atoms with Gasteiger partial charge in [-0.15, -0.1) is 0 Å². The van der Waals surface area contributed by atoms with Crippen molar-refractivity contribution in [3.8, 4) is 0 Å². The second-order valence-electron chi connectivity index (χ2n) is 4.80. The van der Waals surface area contributed by atoms with Crippen LogP contribution in [0.3, 0.4) is 0 Å². The minimum Gasteiger partial charge on any atom is -0.469 e. The molecule has 0 radical (unpaired) electrons. The molecule has 2 nitrogen and oxygen atoms in total. The summed E-state index contributed by atoms with van der Waals surface area (Å²) < 4.78 is 5.32. The minimum atomic E-state index is 0.536. The summed E-state index contributed by atoms with van der Waals surface area (Å²) in [6.07, 6.45) is 4.85. The molecule has 94 valence electrons. The fraction of sp³-hybridized carbons (Fsp3) is 0.333. The van der Waals surface area contributed by atoms with E-state index in [-0.39, 0.29) is 0 Å². The van der Waals surface area contributed by atoms with E-state index in [1.807, 2.05) is 18.2 Å². The zero-order valence-electron chi connectivity index (χ0n) is 10.2. The minimum absolute atomic E-state index is 0.536. The Balaban J connectivity index is 1.52. The number of nitrogens with one attached hydrogen (secondary N) is 1. The van der Waals surface area contributed by atoms with Gasteiger partial charge in [0, 0.05) is 24.0 Å². The Hall–Kier alpha value is -1.25. The van der Waals surface area contributed by atoms with Crippen LogP contribution in [-0.2, 0) is 19.3 Å². The van der Waals surface area contributed by atoms with Crippen LogP contribution in [0, 0.1) is 0 Å². The number of rotatable bonds is 4. The predicted molar refractivity (Wildman–Crippen MR) is 73.1 cm³/mol. The molecule has 1 N–H and O–H groups in total. The zero-order chi connectivity index (χ0) is 12.4. The van der Waals surface area contributed by atoms with E-state index in [0.717, 1.165) is 36.6 Å². The van der Waals surface area contributed by atoms with Gasteiger partial charge >= 0.3 is 0 Å². The molecule has 1 aromatic carbocycles. The van der Waals surface area contributed by atoms with E-state index in [2.05, 4.69) is 17.4 Å². The van der Waals surface area contributed by atoms with Crippen LogP contribution in [0.15, 0.2) is 41.0 Å². The molecule has 1 aromatic heterocycles. The van der Waals surface area contributed by atoms with Crippen LogP contribution in [0.5, 0.6) is 0 Å². The molecule has 0 aliphatic heterocycles. The lowest BCUT2D eigenvalue weighted by atomic mass is 10.1. The van der Waals surface area contributed by atoms with Crippen LogP contribution in [0.2, 0.25) is 5.02 Å². The smallest absolute Gasteiger partial charge is 0.105 e. The second kappa shape index (κ2) is 5.17. The first-order chi connectivity index (χ1) is 8.81. The molecule has 1 heterocycles. The van der Waals surface area contributed by atoms with Gasteiger partial charge < -0.3 is 9.73 Å². The number of hydrogen-bond donors (Lipinski definition) is 1. The highest BCUT2D eigenvalue weighted by atomic mass is 35.5. The maximum Gasteiger partial charge on any atom is 0.105 e. The maximum atomic E-state index is 6.01. The van der Waals surface area contributed by atoms with Crippen molar-refractivity contribution in [2.75, 3.05) is 6.54 Å². The van der Waals surface area contributed by atoms with Crippen LogP contribution >= 0.6 is 11.6 Å². The molecule has 0 spiro atoms. The summed E-state index contributed by atoms with van der Waals surface area (Å²) in [6, 6.07) is 10.7. The fourth-order valence-electron chi connectivity index (χ4n) is 2.59. The van der Waals surface area contributed by atoms with Crippen molar-refractivity contribution < 1.29 is 4.42 Å². The molecule has 1 aliphatic rings. The van der Waals surface area contributed by atoms with Crippen LogP contribution in [0.4, 0.5) is 0 Å². The quantitative estimate of drug-likeness (QED) is 0.914. The first kappa shape index (κ1) is 11.8. The number of fused-ring (bicyclic) bond motifs is 1. The number of benzene rings is 1. The molecule has 3 heteroatoms. The number of hydrogen-bond acceptors (Lipinski definition) is 2. The number of halogens is 1. The lowest BCUT2D eigenvalue weighted by Gasteiger charge is -2.10. The largest absolute Gasteiger partial charge is 0.469 e. The van der Waals surface area contributed by atoms with Crippen molar-refractivity contribution in [3.05, 3.63) is 58.5 Å². The van der Waals surface area contributed by atoms with Crippen LogP contribution in [0.1, 0.15) is 16.9 Å². The molecule has 0 saturated heterocycles. The van der Waals surface area contributed by atoms with Crippen LogP contribution in [0.25, 0.3) is 0 Å². The molecule has 0 bridgehead atoms. The van der Waals surface area contributed by atoms with Crippen molar-refractivity contribution in [2.45, 2.75) is 25.3 Å². The van der Waals surface area contributed by atoms with Gasteiger partial charge in [0.1, 0.15) is 5.76 Å². The molecular weight excluding hydrogens is 246 g/mol. The molecule has 1 unspecified atom stereocenters. The van der Waals surface area contributed by atoms with E-state index in [4.69, 9.17) is 16.0 Å². The highest BCUT2D eigenvalue weighted by Gasteiger charge is 2.20. The van der Waals surface area contributed by atoms with Crippen molar-refractivity contribution >= 4 is 11.6 Å².